The number of rotatable bonds is 7. The monoisotopic (exact) mass is 658 g/mol. The predicted molar refractivity (Wildman–Crippen MR) is 159 cm³/mol. The molecular formula is C35H47F5O6. The first-order valence-corrected chi connectivity index (χ1v) is 16.6. The quantitative estimate of drug-likeness (QED) is 0.177. The number of allylic oxidation sites excluding steroid dienone is 1. The average Bonchev–Trinajstić information content (AvgIpc) is 3.27. The Morgan fingerprint density at radius 3 is 2.22 bits per heavy atom. The van der Waals surface area contributed by atoms with Gasteiger partial charge in [-0.2, -0.15) is 22.0 Å². The molecule has 0 unspecified atom stereocenters. The molecule has 6 atom stereocenters. The van der Waals surface area contributed by atoms with Crippen LogP contribution in [0.2, 0.25) is 0 Å². The van der Waals surface area contributed by atoms with E-state index in [0.717, 1.165) is 22.3 Å². The maximum Gasteiger partial charge on any atom is 0.456 e. The predicted octanol–water partition coefficient (Wildman–Crippen LogP) is 6.46. The first-order valence-electron chi connectivity index (χ1n) is 16.6. The summed E-state index contributed by atoms with van der Waals surface area (Å²) in [7, 11) is 0. The van der Waals surface area contributed by atoms with Crippen molar-refractivity contribution in [3.8, 4) is 0 Å². The number of benzene rings is 1. The lowest BCUT2D eigenvalue weighted by Crippen LogP contribution is -2.65. The van der Waals surface area contributed by atoms with Crippen LogP contribution in [0, 0.1) is 22.7 Å². The van der Waals surface area contributed by atoms with Crippen molar-refractivity contribution in [2.45, 2.75) is 114 Å². The van der Waals surface area contributed by atoms with Gasteiger partial charge in [-0.1, -0.05) is 50.6 Å². The van der Waals surface area contributed by atoms with E-state index >= 15 is 8.78 Å². The highest BCUT2D eigenvalue weighted by Crippen LogP contribution is 2.71. The number of aliphatic hydroxyl groups is 3. The second kappa shape index (κ2) is 11.5. The first-order chi connectivity index (χ1) is 21.4. The molecule has 1 spiro atoms. The summed E-state index contributed by atoms with van der Waals surface area (Å²) in [5.41, 5.74) is -2.93. The van der Waals surface area contributed by atoms with E-state index in [1.54, 1.807) is 0 Å². The molecule has 5 aliphatic rings. The zero-order valence-corrected chi connectivity index (χ0v) is 26.9. The number of fused-ring (bicyclic) bond motifs is 4. The van der Waals surface area contributed by atoms with Crippen LogP contribution >= 0.6 is 0 Å². The average molecular weight is 659 g/mol. The molecule has 1 aromatic rings. The molecule has 6 rings (SSSR count). The van der Waals surface area contributed by atoms with E-state index in [2.05, 4.69) is 13.8 Å². The SMILES string of the molecule is CC1(C)COC2(CCC3=C4[C@@H](CC[C@@]3(O)C2)[C@@H]2CC[C@@](O)(C(F)(F)C(F)(F)F)[C@@]2(C)C[C@@H]4c2ccc(CCOCCO)cc2)OC1. The van der Waals surface area contributed by atoms with E-state index in [1.807, 2.05) is 24.3 Å². The van der Waals surface area contributed by atoms with Crippen molar-refractivity contribution in [3.63, 3.8) is 0 Å². The molecular weight excluding hydrogens is 611 g/mol. The molecule has 1 heterocycles. The third kappa shape index (κ3) is 5.35. The Morgan fingerprint density at radius 1 is 0.913 bits per heavy atom. The zero-order chi connectivity index (χ0) is 33.4. The minimum atomic E-state index is -5.90. The van der Waals surface area contributed by atoms with Gasteiger partial charge in [0.05, 0.1) is 38.6 Å². The van der Waals surface area contributed by atoms with Crippen LogP contribution < -0.4 is 0 Å². The van der Waals surface area contributed by atoms with Crippen LogP contribution in [0.5, 0.6) is 0 Å². The largest absolute Gasteiger partial charge is 0.456 e. The van der Waals surface area contributed by atoms with Gasteiger partial charge in [-0.15, -0.1) is 0 Å². The molecule has 1 aliphatic heterocycles. The Labute approximate surface area is 267 Å². The second-order valence-corrected chi connectivity index (χ2v) is 15.5. The molecule has 0 bridgehead atoms. The molecule has 1 aromatic carbocycles. The molecule has 1 saturated heterocycles. The van der Waals surface area contributed by atoms with Crippen molar-refractivity contribution in [2.75, 3.05) is 33.0 Å². The number of halogens is 5. The topological polar surface area (TPSA) is 88.4 Å². The van der Waals surface area contributed by atoms with Crippen LogP contribution in [0.1, 0.15) is 89.2 Å². The Kier molecular flexibility index (Phi) is 8.54. The van der Waals surface area contributed by atoms with Gasteiger partial charge in [0.2, 0.25) is 0 Å². The molecule has 3 saturated carbocycles. The number of hydrogen-bond donors (Lipinski definition) is 3. The number of aliphatic hydroxyl groups excluding tert-OH is 1. The van der Waals surface area contributed by atoms with Crippen LogP contribution in [0.4, 0.5) is 22.0 Å². The Balaban J connectivity index is 1.40. The van der Waals surface area contributed by atoms with Gasteiger partial charge >= 0.3 is 12.1 Å². The lowest BCUT2D eigenvalue weighted by molar-refractivity contribution is -0.362. The highest BCUT2D eigenvalue weighted by Gasteiger charge is 2.79. The Hall–Kier alpha value is -1.63. The lowest BCUT2D eigenvalue weighted by Gasteiger charge is -2.59. The normalized spacial score (nSPS) is 37.2. The summed E-state index contributed by atoms with van der Waals surface area (Å²) in [6.45, 7) is 7.05. The van der Waals surface area contributed by atoms with Gasteiger partial charge in [0.1, 0.15) is 5.60 Å². The van der Waals surface area contributed by atoms with Gasteiger partial charge < -0.3 is 29.5 Å². The molecule has 4 fully saturated rings. The van der Waals surface area contributed by atoms with Gasteiger partial charge in [0.15, 0.2) is 5.79 Å². The molecule has 4 aliphatic carbocycles. The summed E-state index contributed by atoms with van der Waals surface area (Å²) >= 11 is 0. The molecule has 0 radical (unpaired) electrons. The van der Waals surface area contributed by atoms with E-state index in [4.69, 9.17) is 19.3 Å². The van der Waals surface area contributed by atoms with Crippen molar-refractivity contribution < 1.29 is 51.5 Å². The maximum absolute atomic E-state index is 15.3. The van der Waals surface area contributed by atoms with E-state index in [0.29, 0.717) is 51.9 Å². The van der Waals surface area contributed by atoms with Crippen molar-refractivity contribution in [1.82, 2.24) is 0 Å². The van der Waals surface area contributed by atoms with E-state index in [-0.39, 0.29) is 43.8 Å². The van der Waals surface area contributed by atoms with Gasteiger partial charge in [0.25, 0.3) is 0 Å². The standard InChI is InChI=1S/C35H47F5O6/c1-29(2)20-45-32(46-21-29)13-9-27-28-24(8-12-31(27,42)19-32)26-10-14-33(43,34(36,37)35(38,39)40)30(26,3)18-25(28)23-6-4-22(5-7-23)11-16-44-17-15-41/h4-7,24-26,41-43H,8-21H2,1-3H3/t24-,25+,26-,30-,31+,33-/m0/s1. The third-order valence-electron chi connectivity index (χ3n) is 12.0. The van der Waals surface area contributed by atoms with Crippen LogP contribution in [0.15, 0.2) is 35.4 Å². The number of ether oxygens (including phenoxy) is 3. The lowest BCUT2D eigenvalue weighted by atomic mass is 9.49. The molecule has 6 nitrogen and oxygen atoms in total. The summed E-state index contributed by atoms with van der Waals surface area (Å²) in [6.07, 6.45) is -4.09. The fraction of sp³-hybridized carbons (Fsp3) is 0.771. The maximum atomic E-state index is 15.3. The molecule has 11 heteroatoms. The van der Waals surface area contributed by atoms with Crippen molar-refractivity contribution in [2.24, 2.45) is 22.7 Å². The highest BCUT2D eigenvalue weighted by molar-refractivity contribution is 5.44. The summed E-state index contributed by atoms with van der Waals surface area (Å²) in [5, 5.41) is 32.8. The van der Waals surface area contributed by atoms with Crippen molar-refractivity contribution in [1.29, 1.82) is 0 Å². The molecule has 3 N–H and O–H groups in total. The zero-order valence-electron chi connectivity index (χ0n) is 26.9. The fourth-order valence-corrected chi connectivity index (χ4v) is 9.58. The van der Waals surface area contributed by atoms with Gasteiger partial charge in [-0.05, 0) is 73.5 Å². The van der Waals surface area contributed by atoms with Crippen LogP contribution in [0.3, 0.4) is 0 Å². The van der Waals surface area contributed by atoms with Crippen molar-refractivity contribution in [3.05, 3.63) is 46.5 Å². The molecule has 258 valence electrons. The fourth-order valence-electron chi connectivity index (χ4n) is 9.58. The molecule has 0 aromatic heterocycles. The Bertz CT molecular complexity index is 1320. The summed E-state index contributed by atoms with van der Waals surface area (Å²) in [5.74, 6) is -7.74. The van der Waals surface area contributed by atoms with Crippen LogP contribution in [-0.4, -0.2) is 77.4 Å². The smallest absolute Gasteiger partial charge is 0.394 e. The Morgan fingerprint density at radius 2 is 1.59 bits per heavy atom. The van der Waals surface area contributed by atoms with Gasteiger partial charge in [-0.3, -0.25) is 0 Å². The third-order valence-corrected chi connectivity index (χ3v) is 12.0. The second-order valence-electron chi connectivity index (χ2n) is 15.5. The van der Waals surface area contributed by atoms with E-state index < -0.39 is 52.8 Å². The van der Waals surface area contributed by atoms with Crippen LogP contribution in [0.25, 0.3) is 0 Å². The van der Waals surface area contributed by atoms with Gasteiger partial charge in [-0.25, -0.2) is 0 Å². The number of alkyl halides is 5. The number of hydrogen-bond acceptors (Lipinski definition) is 6. The van der Waals surface area contributed by atoms with E-state index in [1.165, 1.54) is 6.92 Å². The summed E-state index contributed by atoms with van der Waals surface area (Å²) in [6, 6.07) is 7.55. The molecule has 0 amide bonds. The van der Waals surface area contributed by atoms with E-state index in [9.17, 15) is 23.4 Å². The van der Waals surface area contributed by atoms with Gasteiger partial charge in [0, 0.05) is 29.6 Å². The van der Waals surface area contributed by atoms with Crippen molar-refractivity contribution >= 4 is 0 Å². The highest BCUT2D eigenvalue weighted by atomic mass is 19.4. The summed E-state index contributed by atoms with van der Waals surface area (Å²) in [4.78, 5) is 0. The minimum Gasteiger partial charge on any atom is -0.394 e. The van der Waals surface area contributed by atoms with Crippen LogP contribution in [-0.2, 0) is 20.6 Å². The molecule has 46 heavy (non-hydrogen) atoms. The first kappa shape index (κ1) is 34.2. The minimum absolute atomic E-state index is 0.0449. The summed E-state index contributed by atoms with van der Waals surface area (Å²) < 4.78 is 90.3.